The zero-order valence-corrected chi connectivity index (χ0v) is 11.7. The van der Waals surface area contributed by atoms with Crippen LogP contribution in [0.4, 0.5) is 0 Å². The highest BCUT2D eigenvalue weighted by Gasteiger charge is 2.23. The molecule has 1 aliphatic heterocycles. The summed E-state index contributed by atoms with van der Waals surface area (Å²) in [5.41, 5.74) is 2.00. The number of carbonyl (C=O) groups is 1. The summed E-state index contributed by atoms with van der Waals surface area (Å²) >= 11 is 3.40. The summed E-state index contributed by atoms with van der Waals surface area (Å²) in [6.07, 6.45) is 5.74. The van der Waals surface area contributed by atoms with Crippen molar-refractivity contribution in [3.63, 3.8) is 0 Å². The third-order valence-corrected chi connectivity index (χ3v) is 3.77. The summed E-state index contributed by atoms with van der Waals surface area (Å²) in [5, 5.41) is 3.10. The van der Waals surface area contributed by atoms with Crippen molar-refractivity contribution in [2.45, 2.75) is 45.1 Å². The molecule has 0 radical (unpaired) electrons. The standard InChI is InChI=1S/C14H18BrNO/c1-2-3-4-5-12-8-10-6-7-11(15)9-13(10)14(17)16-12/h6-7,9,12H,2-5,8H2,1H3,(H,16,17). The molecule has 0 saturated carbocycles. The van der Waals surface area contributed by atoms with E-state index in [0.29, 0.717) is 6.04 Å². The van der Waals surface area contributed by atoms with Crippen LogP contribution in [0.5, 0.6) is 0 Å². The molecule has 1 aromatic carbocycles. The van der Waals surface area contributed by atoms with Crippen molar-refractivity contribution in [1.82, 2.24) is 5.32 Å². The Morgan fingerprint density at radius 2 is 2.24 bits per heavy atom. The quantitative estimate of drug-likeness (QED) is 0.844. The van der Waals surface area contributed by atoms with Gasteiger partial charge in [0, 0.05) is 16.1 Å². The fraction of sp³-hybridized carbons (Fsp3) is 0.500. The molecule has 0 saturated heterocycles. The van der Waals surface area contributed by atoms with Crippen molar-refractivity contribution in [3.05, 3.63) is 33.8 Å². The van der Waals surface area contributed by atoms with Gasteiger partial charge in [-0.3, -0.25) is 4.79 Å². The van der Waals surface area contributed by atoms with E-state index < -0.39 is 0 Å². The molecule has 1 amide bonds. The van der Waals surface area contributed by atoms with E-state index in [1.165, 1.54) is 24.8 Å². The molecule has 1 aromatic rings. The van der Waals surface area contributed by atoms with Crippen LogP contribution in [0.25, 0.3) is 0 Å². The van der Waals surface area contributed by atoms with Crippen LogP contribution in [-0.2, 0) is 6.42 Å². The van der Waals surface area contributed by atoms with Crippen molar-refractivity contribution in [2.24, 2.45) is 0 Å². The Morgan fingerprint density at radius 1 is 1.41 bits per heavy atom. The summed E-state index contributed by atoms with van der Waals surface area (Å²) in [4.78, 5) is 11.9. The molecule has 0 aromatic heterocycles. The first-order valence-corrected chi connectivity index (χ1v) is 7.09. The smallest absolute Gasteiger partial charge is 0.251 e. The molecule has 0 bridgehead atoms. The summed E-state index contributed by atoms with van der Waals surface area (Å²) in [7, 11) is 0. The second kappa shape index (κ2) is 5.67. The lowest BCUT2D eigenvalue weighted by molar-refractivity contribution is 0.0922. The lowest BCUT2D eigenvalue weighted by Crippen LogP contribution is -2.41. The van der Waals surface area contributed by atoms with Gasteiger partial charge in [0.15, 0.2) is 0 Å². The Bertz CT molecular complexity index is 417. The van der Waals surface area contributed by atoms with Gasteiger partial charge in [0.25, 0.3) is 5.91 Å². The van der Waals surface area contributed by atoms with Gasteiger partial charge in [0.05, 0.1) is 0 Å². The summed E-state index contributed by atoms with van der Waals surface area (Å²) in [6, 6.07) is 6.31. The van der Waals surface area contributed by atoms with Gasteiger partial charge < -0.3 is 5.32 Å². The number of fused-ring (bicyclic) bond motifs is 1. The first kappa shape index (κ1) is 12.6. The Hall–Kier alpha value is -0.830. The number of amides is 1. The largest absolute Gasteiger partial charge is 0.349 e. The maximum atomic E-state index is 11.9. The normalized spacial score (nSPS) is 18.7. The van der Waals surface area contributed by atoms with E-state index in [4.69, 9.17) is 0 Å². The van der Waals surface area contributed by atoms with E-state index in [9.17, 15) is 4.79 Å². The average molecular weight is 296 g/mol. The van der Waals surface area contributed by atoms with Crippen LogP contribution in [0.15, 0.2) is 22.7 Å². The van der Waals surface area contributed by atoms with Crippen LogP contribution in [0.2, 0.25) is 0 Å². The Morgan fingerprint density at radius 3 is 3.00 bits per heavy atom. The van der Waals surface area contributed by atoms with Gasteiger partial charge in [-0.2, -0.15) is 0 Å². The number of rotatable bonds is 4. The van der Waals surface area contributed by atoms with Crippen molar-refractivity contribution in [1.29, 1.82) is 0 Å². The minimum atomic E-state index is 0.0778. The van der Waals surface area contributed by atoms with E-state index in [0.717, 1.165) is 22.9 Å². The van der Waals surface area contributed by atoms with Crippen LogP contribution < -0.4 is 5.32 Å². The SMILES string of the molecule is CCCCCC1Cc2ccc(Br)cc2C(=O)N1. The predicted octanol–water partition coefficient (Wildman–Crippen LogP) is 3.68. The Labute approximate surface area is 111 Å². The van der Waals surface area contributed by atoms with Gasteiger partial charge in [-0.1, -0.05) is 48.2 Å². The van der Waals surface area contributed by atoms with Crippen LogP contribution in [-0.4, -0.2) is 11.9 Å². The summed E-state index contributed by atoms with van der Waals surface area (Å²) in [5.74, 6) is 0.0778. The van der Waals surface area contributed by atoms with Gasteiger partial charge in [-0.15, -0.1) is 0 Å². The summed E-state index contributed by atoms with van der Waals surface area (Å²) in [6.45, 7) is 2.20. The van der Waals surface area contributed by atoms with Gasteiger partial charge in [0.2, 0.25) is 0 Å². The van der Waals surface area contributed by atoms with Crippen LogP contribution in [0.1, 0.15) is 48.5 Å². The first-order chi connectivity index (χ1) is 8.20. The van der Waals surface area contributed by atoms with Crippen LogP contribution >= 0.6 is 15.9 Å². The maximum Gasteiger partial charge on any atom is 0.251 e. The molecule has 17 heavy (non-hydrogen) atoms. The zero-order chi connectivity index (χ0) is 12.3. The second-order valence-corrected chi connectivity index (χ2v) is 5.59. The minimum Gasteiger partial charge on any atom is -0.349 e. The molecule has 1 N–H and O–H groups in total. The first-order valence-electron chi connectivity index (χ1n) is 6.30. The Balaban J connectivity index is 2.06. The van der Waals surface area contributed by atoms with Crippen molar-refractivity contribution in [3.8, 4) is 0 Å². The monoisotopic (exact) mass is 295 g/mol. The molecule has 3 heteroatoms. The molecule has 0 aliphatic carbocycles. The topological polar surface area (TPSA) is 29.1 Å². The molecule has 1 atom stereocenters. The number of hydrogen-bond donors (Lipinski definition) is 1. The molecule has 1 heterocycles. The van der Waals surface area contributed by atoms with Gasteiger partial charge in [-0.25, -0.2) is 0 Å². The van der Waals surface area contributed by atoms with E-state index in [1.54, 1.807) is 0 Å². The molecule has 0 fully saturated rings. The number of halogens is 1. The number of carbonyl (C=O) groups excluding carboxylic acids is 1. The lowest BCUT2D eigenvalue weighted by Gasteiger charge is -2.25. The number of nitrogens with one attached hydrogen (secondary N) is 1. The zero-order valence-electron chi connectivity index (χ0n) is 10.1. The van der Waals surface area contributed by atoms with E-state index >= 15 is 0 Å². The molecular formula is C14H18BrNO. The van der Waals surface area contributed by atoms with Crippen molar-refractivity contribution in [2.75, 3.05) is 0 Å². The van der Waals surface area contributed by atoms with E-state index in [2.05, 4.69) is 34.2 Å². The predicted molar refractivity (Wildman–Crippen MR) is 73.2 cm³/mol. The average Bonchev–Trinajstić information content (AvgIpc) is 2.31. The third-order valence-electron chi connectivity index (χ3n) is 3.27. The number of hydrogen-bond acceptors (Lipinski definition) is 1. The van der Waals surface area contributed by atoms with Crippen molar-refractivity contribution < 1.29 is 4.79 Å². The van der Waals surface area contributed by atoms with Crippen LogP contribution in [0.3, 0.4) is 0 Å². The van der Waals surface area contributed by atoms with Gasteiger partial charge >= 0.3 is 0 Å². The molecule has 92 valence electrons. The maximum absolute atomic E-state index is 11.9. The number of unbranched alkanes of at least 4 members (excludes halogenated alkanes) is 2. The number of benzene rings is 1. The highest BCUT2D eigenvalue weighted by molar-refractivity contribution is 9.10. The molecular weight excluding hydrogens is 278 g/mol. The van der Waals surface area contributed by atoms with Gasteiger partial charge in [0.1, 0.15) is 0 Å². The fourth-order valence-corrected chi connectivity index (χ4v) is 2.69. The highest BCUT2D eigenvalue weighted by atomic mass is 79.9. The van der Waals surface area contributed by atoms with Gasteiger partial charge in [-0.05, 0) is 30.5 Å². The molecule has 2 nitrogen and oxygen atoms in total. The fourth-order valence-electron chi connectivity index (χ4n) is 2.33. The Kier molecular flexibility index (Phi) is 4.21. The van der Waals surface area contributed by atoms with E-state index in [-0.39, 0.29) is 5.91 Å². The second-order valence-electron chi connectivity index (χ2n) is 4.67. The lowest BCUT2D eigenvalue weighted by atomic mass is 9.92. The van der Waals surface area contributed by atoms with Crippen molar-refractivity contribution >= 4 is 21.8 Å². The molecule has 1 unspecified atom stereocenters. The third kappa shape index (κ3) is 3.09. The van der Waals surface area contributed by atoms with E-state index in [1.807, 2.05) is 12.1 Å². The van der Waals surface area contributed by atoms with Crippen LogP contribution in [0, 0.1) is 0 Å². The molecule has 2 rings (SSSR count). The highest BCUT2D eigenvalue weighted by Crippen LogP contribution is 2.23. The molecule has 1 aliphatic rings. The summed E-state index contributed by atoms with van der Waals surface area (Å²) < 4.78 is 0.968. The molecule has 0 spiro atoms. The minimum absolute atomic E-state index is 0.0778.